The highest BCUT2D eigenvalue weighted by Gasteiger charge is 2.13. The van der Waals surface area contributed by atoms with Crippen molar-refractivity contribution in [1.29, 1.82) is 0 Å². The van der Waals surface area contributed by atoms with Crippen molar-refractivity contribution in [3.8, 4) is 22.9 Å². The Balaban J connectivity index is 1.80. The second kappa shape index (κ2) is 6.69. The van der Waals surface area contributed by atoms with Gasteiger partial charge in [-0.2, -0.15) is 4.80 Å². The molecule has 8 nitrogen and oxygen atoms in total. The number of methoxy groups -OCH3 is 2. The van der Waals surface area contributed by atoms with E-state index >= 15 is 0 Å². The average molecular weight is 329 g/mol. The Morgan fingerprint density at radius 1 is 1.17 bits per heavy atom. The summed E-state index contributed by atoms with van der Waals surface area (Å²) >= 11 is 0. The lowest BCUT2D eigenvalue weighted by Crippen LogP contribution is -2.04. The number of tetrazole rings is 1. The van der Waals surface area contributed by atoms with E-state index in [1.54, 1.807) is 26.5 Å². The molecule has 0 aliphatic rings. The maximum absolute atomic E-state index is 5.65. The van der Waals surface area contributed by atoms with Crippen molar-refractivity contribution in [3.05, 3.63) is 36.0 Å². The third-order valence-corrected chi connectivity index (χ3v) is 3.51. The molecule has 0 unspecified atom stereocenters. The van der Waals surface area contributed by atoms with Crippen LogP contribution in [0.2, 0.25) is 0 Å². The van der Waals surface area contributed by atoms with Gasteiger partial charge in [0.15, 0.2) is 11.5 Å². The van der Waals surface area contributed by atoms with E-state index in [-0.39, 0.29) is 5.92 Å². The van der Waals surface area contributed by atoms with Crippen LogP contribution >= 0.6 is 0 Å². The number of aromatic nitrogens is 5. The minimum atomic E-state index is 0.289. The fourth-order valence-corrected chi connectivity index (χ4v) is 2.19. The van der Waals surface area contributed by atoms with E-state index in [0.717, 1.165) is 11.3 Å². The summed E-state index contributed by atoms with van der Waals surface area (Å²) in [5.41, 5.74) is 0.786. The number of oxazole rings is 1. The Bertz CT molecular complexity index is 825. The SMILES string of the molecule is COc1ccc(-c2nnn(Cc3ncc(C(C)C)o3)n2)cc1OC. The first-order valence-corrected chi connectivity index (χ1v) is 7.55. The first-order valence-electron chi connectivity index (χ1n) is 7.55. The fourth-order valence-electron chi connectivity index (χ4n) is 2.19. The molecule has 8 heteroatoms. The fraction of sp³-hybridized carbons (Fsp3) is 0.375. The monoisotopic (exact) mass is 329 g/mol. The van der Waals surface area contributed by atoms with Crippen molar-refractivity contribution in [1.82, 2.24) is 25.2 Å². The molecule has 0 saturated carbocycles. The molecule has 0 aliphatic heterocycles. The molecule has 0 N–H and O–H groups in total. The van der Waals surface area contributed by atoms with Crippen molar-refractivity contribution in [3.63, 3.8) is 0 Å². The van der Waals surface area contributed by atoms with Crippen LogP contribution in [-0.2, 0) is 6.54 Å². The average Bonchev–Trinajstić information content (AvgIpc) is 3.24. The molecule has 1 aromatic carbocycles. The number of rotatable bonds is 6. The molecule has 0 saturated heterocycles. The molecule has 3 rings (SSSR count). The van der Waals surface area contributed by atoms with Gasteiger partial charge in [0.25, 0.3) is 0 Å². The van der Waals surface area contributed by atoms with Gasteiger partial charge in [-0.05, 0) is 23.4 Å². The Morgan fingerprint density at radius 2 is 1.96 bits per heavy atom. The van der Waals surface area contributed by atoms with Gasteiger partial charge in [-0.15, -0.1) is 10.2 Å². The number of hydrogen-bond acceptors (Lipinski definition) is 7. The molecule has 0 atom stereocenters. The Morgan fingerprint density at radius 3 is 2.62 bits per heavy atom. The molecule has 2 aromatic heterocycles. The van der Waals surface area contributed by atoms with E-state index in [2.05, 4.69) is 20.4 Å². The van der Waals surface area contributed by atoms with Gasteiger partial charge in [0.05, 0.1) is 20.4 Å². The van der Waals surface area contributed by atoms with E-state index < -0.39 is 0 Å². The summed E-state index contributed by atoms with van der Waals surface area (Å²) in [7, 11) is 3.18. The summed E-state index contributed by atoms with van der Waals surface area (Å²) in [6, 6.07) is 5.46. The third kappa shape index (κ3) is 3.22. The topological polar surface area (TPSA) is 88.1 Å². The molecule has 0 bridgehead atoms. The van der Waals surface area contributed by atoms with Crippen LogP contribution in [0.1, 0.15) is 31.4 Å². The zero-order valence-electron chi connectivity index (χ0n) is 14.1. The second-order valence-corrected chi connectivity index (χ2v) is 5.52. The molecule has 126 valence electrons. The van der Waals surface area contributed by atoms with Crippen LogP contribution < -0.4 is 9.47 Å². The number of nitrogens with zero attached hydrogens (tertiary/aromatic N) is 5. The van der Waals surface area contributed by atoms with E-state index in [0.29, 0.717) is 29.8 Å². The molecule has 0 fully saturated rings. The Labute approximate surface area is 139 Å². The van der Waals surface area contributed by atoms with Gasteiger partial charge in [0.2, 0.25) is 11.7 Å². The molecule has 0 radical (unpaired) electrons. The zero-order chi connectivity index (χ0) is 17.1. The molecule has 2 heterocycles. The summed E-state index contributed by atoms with van der Waals surface area (Å²) in [5.74, 6) is 3.43. The number of benzene rings is 1. The third-order valence-electron chi connectivity index (χ3n) is 3.51. The van der Waals surface area contributed by atoms with Crippen LogP contribution in [0.3, 0.4) is 0 Å². The summed E-state index contributed by atoms with van der Waals surface area (Å²) in [6.45, 7) is 4.42. The van der Waals surface area contributed by atoms with Crippen LogP contribution in [0.15, 0.2) is 28.8 Å². The van der Waals surface area contributed by atoms with Gasteiger partial charge in [-0.3, -0.25) is 0 Å². The standard InChI is InChI=1S/C16H19N5O3/c1-10(2)14-8-17-15(24-14)9-21-19-16(18-20-21)11-5-6-12(22-3)13(7-11)23-4/h5-8,10H,9H2,1-4H3. The van der Waals surface area contributed by atoms with Crippen molar-refractivity contribution in [2.24, 2.45) is 0 Å². The number of ether oxygens (including phenoxy) is 2. The lowest BCUT2D eigenvalue weighted by Gasteiger charge is -2.07. The van der Waals surface area contributed by atoms with E-state index in [1.165, 1.54) is 4.80 Å². The van der Waals surface area contributed by atoms with Crippen molar-refractivity contribution < 1.29 is 13.9 Å². The molecular weight excluding hydrogens is 310 g/mol. The van der Waals surface area contributed by atoms with Gasteiger partial charge < -0.3 is 13.9 Å². The van der Waals surface area contributed by atoms with Gasteiger partial charge >= 0.3 is 0 Å². The van der Waals surface area contributed by atoms with Gasteiger partial charge in [0, 0.05) is 11.5 Å². The smallest absolute Gasteiger partial charge is 0.218 e. The maximum Gasteiger partial charge on any atom is 0.218 e. The van der Waals surface area contributed by atoms with Crippen molar-refractivity contribution in [2.45, 2.75) is 26.3 Å². The lowest BCUT2D eigenvalue weighted by molar-refractivity contribution is 0.355. The Kier molecular flexibility index (Phi) is 4.45. The van der Waals surface area contributed by atoms with Crippen LogP contribution in [0.25, 0.3) is 11.4 Å². The summed E-state index contributed by atoms with van der Waals surface area (Å²) in [6.07, 6.45) is 1.73. The van der Waals surface area contributed by atoms with E-state index in [4.69, 9.17) is 13.9 Å². The summed E-state index contributed by atoms with van der Waals surface area (Å²) < 4.78 is 16.2. The first kappa shape index (κ1) is 16.0. The number of hydrogen-bond donors (Lipinski definition) is 0. The maximum atomic E-state index is 5.65. The predicted molar refractivity (Wildman–Crippen MR) is 86.1 cm³/mol. The quantitative estimate of drug-likeness (QED) is 0.686. The van der Waals surface area contributed by atoms with Crippen molar-refractivity contribution >= 4 is 0 Å². The molecule has 0 amide bonds. The Hall–Kier alpha value is -2.90. The molecule has 3 aromatic rings. The minimum absolute atomic E-state index is 0.289. The molecule has 0 spiro atoms. The van der Waals surface area contributed by atoms with Crippen LogP contribution in [0.4, 0.5) is 0 Å². The highest BCUT2D eigenvalue weighted by Crippen LogP contribution is 2.30. The summed E-state index contributed by atoms with van der Waals surface area (Å²) in [4.78, 5) is 5.68. The molecule has 24 heavy (non-hydrogen) atoms. The van der Waals surface area contributed by atoms with Crippen LogP contribution in [-0.4, -0.2) is 39.4 Å². The second-order valence-electron chi connectivity index (χ2n) is 5.52. The van der Waals surface area contributed by atoms with E-state index in [1.807, 2.05) is 26.0 Å². The lowest BCUT2D eigenvalue weighted by atomic mass is 10.2. The normalized spacial score (nSPS) is 11.0. The first-order chi connectivity index (χ1) is 11.6. The van der Waals surface area contributed by atoms with E-state index in [9.17, 15) is 0 Å². The van der Waals surface area contributed by atoms with Gasteiger partial charge in [-0.25, -0.2) is 4.98 Å². The largest absolute Gasteiger partial charge is 0.493 e. The van der Waals surface area contributed by atoms with Crippen LogP contribution in [0, 0.1) is 0 Å². The zero-order valence-corrected chi connectivity index (χ0v) is 14.1. The van der Waals surface area contributed by atoms with Crippen LogP contribution in [0.5, 0.6) is 11.5 Å². The van der Waals surface area contributed by atoms with Gasteiger partial charge in [-0.1, -0.05) is 13.8 Å². The highest BCUT2D eigenvalue weighted by molar-refractivity contribution is 5.60. The van der Waals surface area contributed by atoms with Crippen molar-refractivity contribution in [2.75, 3.05) is 14.2 Å². The predicted octanol–water partition coefficient (Wildman–Crippen LogP) is 2.52. The molecule has 0 aliphatic carbocycles. The minimum Gasteiger partial charge on any atom is -0.493 e. The summed E-state index contributed by atoms with van der Waals surface area (Å²) in [5, 5.41) is 12.5. The van der Waals surface area contributed by atoms with Gasteiger partial charge in [0.1, 0.15) is 12.3 Å². The highest BCUT2D eigenvalue weighted by atomic mass is 16.5. The molecular formula is C16H19N5O3.